The summed E-state index contributed by atoms with van der Waals surface area (Å²) in [5, 5.41) is 0. The van der Waals surface area contributed by atoms with Crippen LogP contribution < -0.4 is 0 Å². The summed E-state index contributed by atoms with van der Waals surface area (Å²) < 4.78 is 22.5. The van der Waals surface area contributed by atoms with Crippen molar-refractivity contribution in [1.82, 2.24) is 0 Å². The lowest BCUT2D eigenvalue weighted by Crippen LogP contribution is -2.40. The van der Waals surface area contributed by atoms with Gasteiger partial charge in [0.05, 0.1) is 0 Å². The molecule has 0 heterocycles. The fourth-order valence-corrected chi connectivity index (χ4v) is 6.88. The van der Waals surface area contributed by atoms with Crippen LogP contribution in [-0.2, 0) is 17.7 Å². The third-order valence-electron chi connectivity index (χ3n) is 3.93. The van der Waals surface area contributed by atoms with Crippen molar-refractivity contribution in [2.75, 3.05) is 28.4 Å². The van der Waals surface area contributed by atoms with Gasteiger partial charge in [-0.2, -0.15) is 0 Å². The molecule has 0 aliphatic rings. The first-order valence-electron chi connectivity index (χ1n) is 6.78. The zero-order valence-corrected chi connectivity index (χ0v) is 14.9. The highest BCUT2D eigenvalue weighted by molar-refractivity contribution is 6.67. The van der Waals surface area contributed by atoms with Gasteiger partial charge in [0.25, 0.3) is 0 Å². The van der Waals surface area contributed by atoms with Crippen LogP contribution in [0.1, 0.15) is 26.7 Å². The second kappa shape index (κ2) is 9.22. The Labute approximate surface area is 114 Å². The molecule has 0 aliphatic carbocycles. The third-order valence-corrected chi connectivity index (χ3v) is 11.3. The fourth-order valence-electron chi connectivity index (χ4n) is 2.29. The zero-order chi connectivity index (χ0) is 14.1. The van der Waals surface area contributed by atoms with Gasteiger partial charge in [0, 0.05) is 28.4 Å². The lowest BCUT2D eigenvalue weighted by molar-refractivity contribution is 0.236. The van der Waals surface area contributed by atoms with Crippen molar-refractivity contribution in [1.29, 1.82) is 0 Å². The normalized spacial score (nSPS) is 13.0. The third kappa shape index (κ3) is 5.10. The molecule has 0 rings (SSSR count). The highest BCUT2D eigenvalue weighted by Gasteiger charge is 2.35. The summed E-state index contributed by atoms with van der Waals surface area (Å²) in [6.45, 7) is 4.29. The number of hydrogen-bond acceptors (Lipinski definition) is 4. The van der Waals surface area contributed by atoms with Gasteiger partial charge in [-0.3, -0.25) is 0 Å². The van der Waals surface area contributed by atoms with E-state index >= 15 is 0 Å². The molecule has 0 amide bonds. The largest absolute Gasteiger partial charge is 0.398 e. The second-order valence-corrected chi connectivity index (χ2v) is 12.2. The Morgan fingerprint density at radius 2 is 0.889 bits per heavy atom. The average molecular weight is 295 g/mol. The van der Waals surface area contributed by atoms with E-state index in [1.807, 2.05) is 0 Å². The maximum Gasteiger partial charge on any atom is 0.337 e. The smallest absolute Gasteiger partial charge is 0.337 e. The molecule has 0 aliphatic heterocycles. The lowest BCUT2D eigenvalue weighted by atomic mass is 10.4. The minimum absolute atomic E-state index is 1.00. The summed E-state index contributed by atoms with van der Waals surface area (Å²) in [6.07, 6.45) is 2.26. The van der Waals surface area contributed by atoms with Crippen LogP contribution in [0.5, 0.6) is 0 Å². The monoisotopic (exact) mass is 294 g/mol. The van der Waals surface area contributed by atoms with Crippen molar-refractivity contribution in [3.63, 3.8) is 0 Å². The van der Waals surface area contributed by atoms with Crippen molar-refractivity contribution in [2.24, 2.45) is 0 Å². The van der Waals surface area contributed by atoms with Gasteiger partial charge in [-0.15, -0.1) is 0 Å². The molecule has 0 aromatic rings. The molecule has 18 heavy (non-hydrogen) atoms. The summed E-state index contributed by atoms with van der Waals surface area (Å²) >= 11 is 0. The molecule has 0 saturated heterocycles. The summed E-state index contributed by atoms with van der Waals surface area (Å²) in [5.74, 6) is 0. The van der Waals surface area contributed by atoms with Crippen molar-refractivity contribution in [2.45, 2.75) is 50.9 Å². The Morgan fingerprint density at radius 3 is 1.06 bits per heavy atom. The molecule has 0 N–H and O–H groups in total. The topological polar surface area (TPSA) is 36.9 Å². The van der Waals surface area contributed by atoms with Gasteiger partial charge in [-0.25, -0.2) is 0 Å². The van der Waals surface area contributed by atoms with Crippen LogP contribution in [0.15, 0.2) is 0 Å². The first kappa shape index (κ1) is 18.3. The van der Waals surface area contributed by atoms with Crippen molar-refractivity contribution in [3.05, 3.63) is 0 Å². The van der Waals surface area contributed by atoms with E-state index in [4.69, 9.17) is 17.7 Å². The molecule has 0 unspecified atom stereocenters. The predicted octanol–water partition coefficient (Wildman–Crippen LogP) is 3.28. The predicted molar refractivity (Wildman–Crippen MR) is 79.4 cm³/mol. The Kier molecular flexibility index (Phi) is 9.36. The van der Waals surface area contributed by atoms with E-state index in [1.165, 1.54) is 0 Å². The van der Waals surface area contributed by atoms with Crippen LogP contribution in [0.25, 0.3) is 0 Å². The van der Waals surface area contributed by atoms with Crippen molar-refractivity contribution in [3.8, 4) is 0 Å². The molecular formula is C12H30O4Si2. The molecule has 6 heteroatoms. The molecule has 4 nitrogen and oxygen atoms in total. The Bertz CT molecular complexity index is 168. The van der Waals surface area contributed by atoms with Crippen LogP contribution >= 0.6 is 0 Å². The van der Waals surface area contributed by atoms with E-state index in [0.717, 1.165) is 37.0 Å². The van der Waals surface area contributed by atoms with Crippen LogP contribution in [0.2, 0.25) is 24.2 Å². The van der Waals surface area contributed by atoms with Gasteiger partial charge in [-0.05, 0) is 24.2 Å². The van der Waals surface area contributed by atoms with Crippen molar-refractivity contribution < 1.29 is 17.7 Å². The minimum atomic E-state index is -1.91. The maximum absolute atomic E-state index is 5.61. The number of unbranched alkanes of at least 4 members (excludes halogenated alkanes) is 1. The van der Waals surface area contributed by atoms with Crippen LogP contribution in [0.4, 0.5) is 0 Å². The molecule has 0 saturated carbocycles. The molecule has 0 spiro atoms. The first-order chi connectivity index (χ1) is 8.57. The number of rotatable bonds is 11. The molecule has 110 valence electrons. The van der Waals surface area contributed by atoms with Gasteiger partial charge >= 0.3 is 17.1 Å². The van der Waals surface area contributed by atoms with E-state index in [-0.39, 0.29) is 0 Å². The lowest BCUT2D eigenvalue weighted by Gasteiger charge is -2.28. The van der Waals surface area contributed by atoms with Crippen LogP contribution in [-0.4, -0.2) is 45.6 Å². The summed E-state index contributed by atoms with van der Waals surface area (Å²) in [7, 11) is 3.27. The summed E-state index contributed by atoms with van der Waals surface area (Å²) in [4.78, 5) is 0. The minimum Gasteiger partial charge on any atom is -0.398 e. The molecule has 0 aromatic heterocycles. The van der Waals surface area contributed by atoms with Crippen LogP contribution in [0, 0.1) is 0 Å². The van der Waals surface area contributed by atoms with E-state index in [0.29, 0.717) is 0 Å². The zero-order valence-electron chi connectivity index (χ0n) is 12.9. The fraction of sp³-hybridized carbons (Fsp3) is 1.00. The van der Waals surface area contributed by atoms with Gasteiger partial charge in [0.2, 0.25) is 0 Å². The molecule has 0 bridgehead atoms. The van der Waals surface area contributed by atoms with Gasteiger partial charge in [0.15, 0.2) is 0 Å². The molecule has 0 radical (unpaired) electrons. The molecule has 0 atom stereocenters. The van der Waals surface area contributed by atoms with Gasteiger partial charge in [0.1, 0.15) is 0 Å². The van der Waals surface area contributed by atoms with Gasteiger partial charge < -0.3 is 17.7 Å². The highest BCUT2D eigenvalue weighted by atomic mass is 28.4. The average Bonchev–Trinajstić information content (AvgIpc) is 2.45. The SMILES string of the molecule is CC[Si](CCCC[Si](CC)(OC)OC)(OC)OC. The van der Waals surface area contributed by atoms with Crippen LogP contribution in [0.3, 0.4) is 0 Å². The van der Waals surface area contributed by atoms with E-state index in [1.54, 1.807) is 28.4 Å². The molecule has 0 fully saturated rings. The number of hydrogen-bond donors (Lipinski definition) is 0. The summed E-state index contributed by atoms with van der Waals surface area (Å²) in [6, 6.07) is 4.12. The first-order valence-corrected chi connectivity index (χ1v) is 11.2. The van der Waals surface area contributed by atoms with Crippen molar-refractivity contribution >= 4 is 17.1 Å². The quantitative estimate of drug-likeness (QED) is 0.433. The molecule has 0 aromatic carbocycles. The Morgan fingerprint density at radius 1 is 0.611 bits per heavy atom. The van der Waals surface area contributed by atoms with E-state index in [2.05, 4.69) is 13.8 Å². The Hall–Kier alpha value is 0.274. The maximum atomic E-state index is 5.61. The van der Waals surface area contributed by atoms with Gasteiger partial charge in [-0.1, -0.05) is 26.7 Å². The standard InChI is InChI=1S/C12H30O4Si2/c1-7-17(13-3,14-4)11-9-10-12-18(8-2,15-5)16-6/h7-12H2,1-6H3. The second-order valence-electron chi connectivity index (χ2n) is 4.55. The van der Waals surface area contributed by atoms with E-state index < -0.39 is 17.1 Å². The molecular weight excluding hydrogens is 264 g/mol. The summed E-state index contributed by atoms with van der Waals surface area (Å²) in [5.41, 5.74) is 0. The highest BCUT2D eigenvalue weighted by Crippen LogP contribution is 2.25. The van der Waals surface area contributed by atoms with E-state index in [9.17, 15) is 0 Å². The Balaban J connectivity index is 4.11.